The van der Waals surface area contributed by atoms with Crippen LogP contribution in [0.4, 0.5) is 0 Å². The maximum absolute atomic E-state index is 9.14. The first-order valence-corrected chi connectivity index (χ1v) is 4.84. The van der Waals surface area contributed by atoms with E-state index < -0.39 is 6.10 Å². The van der Waals surface area contributed by atoms with Crippen molar-refractivity contribution in [3.8, 4) is 5.75 Å². The number of fused-ring (bicyclic) bond motifs is 1. The quantitative estimate of drug-likeness (QED) is 0.835. The van der Waals surface area contributed by atoms with E-state index in [-0.39, 0.29) is 6.61 Å². The molecule has 15 heavy (non-hydrogen) atoms. The number of hydrogen-bond donors (Lipinski definition) is 1. The summed E-state index contributed by atoms with van der Waals surface area (Å²) < 4.78 is 10.6. The van der Waals surface area contributed by atoms with E-state index >= 15 is 0 Å². The van der Waals surface area contributed by atoms with Gasteiger partial charge in [0, 0.05) is 0 Å². The van der Waals surface area contributed by atoms with E-state index in [1.54, 1.807) is 6.92 Å². The van der Waals surface area contributed by atoms with Crippen molar-refractivity contribution >= 4 is 11.0 Å². The van der Waals surface area contributed by atoms with Crippen molar-refractivity contribution in [2.45, 2.75) is 20.0 Å². The Kier molecular flexibility index (Phi) is 2.60. The average molecular weight is 207 g/mol. The zero-order chi connectivity index (χ0) is 10.8. The van der Waals surface area contributed by atoms with Crippen LogP contribution in [0.5, 0.6) is 5.75 Å². The number of aliphatic hydroxyl groups is 1. The molecule has 0 amide bonds. The summed E-state index contributed by atoms with van der Waals surface area (Å²) in [6.45, 7) is 3.81. The third kappa shape index (κ3) is 1.94. The highest BCUT2D eigenvalue weighted by molar-refractivity contribution is 5.85. The molecule has 1 N–H and O–H groups in total. The Hall–Kier alpha value is -1.55. The van der Waals surface area contributed by atoms with Crippen LogP contribution >= 0.6 is 0 Å². The lowest BCUT2D eigenvalue weighted by Crippen LogP contribution is -2.12. The molecule has 1 unspecified atom stereocenters. The minimum Gasteiger partial charge on any atom is -0.490 e. The predicted molar refractivity (Wildman–Crippen MR) is 55.9 cm³/mol. The van der Waals surface area contributed by atoms with Gasteiger partial charge in [0.05, 0.1) is 17.2 Å². The van der Waals surface area contributed by atoms with Gasteiger partial charge in [0.1, 0.15) is 12.4 Å². The van der Waals surface area contributed by atoms with Gasteiger partial charge < -0.3 is 14.4 Å². The molecule has 1 atom stereocenters. The van der Waals surface area contributed by atoms with Crippen LogP contribution in [-0.4, -0.2) is 23.0 Å². The highest BCUT2D eigenvalue weighted by atomic mass is 16.5. The van der Waals surface area contributed by atoms with E-state index in [0.717, 1.165) is 11.1 Å². The monoisotopic (exact) mass is 207 g/mol. The van der Waals surface area contributed by atoms with Crippen LogP contribution in [0.15, 0.2) is 22.7 Å². The van der Waals surface area contributed by atoms with Gasteiger partial charge in [-0.25, -0.2) is 0 Å². The molecule has 0 radical (unpaired) electrons. The Balaban J connectivity index is 2.37. The molecule has 0 saturated carbocycles. The van der Waals surface area contributed by atoms with Gasteiger partial charge in [-0.1, -0.05) is 11.2 Å². The highest BCUT2D eigenvalue weighted by Crippen LogP contribution is 2.28. The molecule has 0 fully saturated rings. The number of ether oxygens (including phenoxy) is 1. The topological polar surface area (TPSA) is 55.5 Å². The molecule has 4 heteroatoms. The minimum absolute atomic E-state index is 0.268. The van der Waals surface area contributed by atoms with Crippen LogP contribution < -0.4 is 4.74 Å². The number of aliphatic hydroxyl groups excluding tert-OH is 1. The third-order valence-electron chi connectivity index (χ3n) is 2.11. The highest BCUT2D eigenvalue weighted by Gasteiger charge is 2.10. The summed E-state index contributed by atoms with van der Waals surface area (Å²) in [7, 11) is 0. The van der Waals surface area contributed by atoms with Crippen molar-refractivity contribution in [3.63, 3.8) is 0 Å². The van der Waals surface area contributed by atoms with Crippen molar-refractivity contribution in [1.82, 2.24) is 5.16 Å². The maximum atomic E-state index is 9.14. The molecule has 1 aromatic carbocycles. The summed E-state index contributed by atoms with van der Waals surface area (Å²) in [5.41, 5.74) is 1.50. The van der Waals surface area contributed by atoms with Gasteiger partial charge in [0.15, 0.2) is 5.58 Å². The molecule has 80 valence electrons. The van der Waals surface area contributed by atoms with E-state index in [1.165, 1.54) is 0 Å². The van der Waals surface area contributed by atoms with Crippen LogP contribution in [0.25, 0.3) is 11.0 Å². The van der Waals surface area contributed by atoms with E-state index in [1.807, 2.05) is 25.1 Å². The number of aromatic nitrogens is 1. The molecular formula is C11H13NO3. The minimum atomic E-state index is -0.486. The van der Waals surface area contributed by atoms with E-state index in [2.05, 4.69) is 5.16 Å². The standard InChI is InChI=1S/C11H13NO3/c1-7(13)6-14-9-4-3-5-10-11(9)8(2)12-15-10/h3-5,7,13H,6H2,1-2H3. The molecule has 0 aliphatic heterocycles. The van der Waals surface area contributed by atoms with E-state index in [9.17, 15) is 0 Å². The molecule has 0 aliphatic rings. The number of nitrogens with zero attached hydrogens (tertiary/aromatic N) is 1. The third-order valence-corrected chi connectivity index (χ3v) is 2.11. The second kappa shape index (κ2) is 3.90. The fourth-order valence-corrected chi connectivity index (χ4v) is 1.44. The lowest BCUT2D eigenvalue weighted by Gasteiger charge is -2.08. The molecule has 4 nitrogen and oxygen atoms in total. The second-order valence-electron chi connectivity index (χ2n) is 3.56. The molecule has 2 aromatic rings. The molecule has 1 heterocycles. The number of hydrogen-bond acceptors (Lipinski definition) is 4. The summed E-state index contributed by atoms with van der Waals surface area (Å²) >= 11 is 0. The van der Waals surface area contributed by atoms with E-state index in [0.29, 0.717) is 11.3 Å². The molecule has 2 rings (SSSR count). The summed E-state index contributed by atoms with van der Waals surface area (Å²) in [5, 5.41) is 13.9. The van der Waals surface area contributed by atoms with Crippen LogP contribution in [0, 0.1) is 6.92 Å². The van der Waals surface area contributed by atoms with Crippen LogP contribution in [-0.2, 0) is 0 Å². The molecular weight excluding hydrogens is 194 g/mol. The molecule has 0 bridgehead atoms. The maximum Gasteiger partial charge on any atom is 0.170 e. The summed E-state index contributed by atoms with van der Waals surface area (Å²) in [5.74, 6) is 0.701. The number of rotatable bonds is 3. The molecule has 0 spiro atoms. The Morgan fingerprint density at radius 3 is 3.07 bits per heavy atom. The first-order chi connectivity index (χ1) is 7.18. The number of benzene rings is 1. The van der Waals surface area contributed by atoms with Gasteiger partial charge in [0.2, 0.25) is 0 Å². The van der Waals surface area contributed by atoms with Gasteiger partial charge in [-0.15, -0.1) is 0 Å². The normalized spacial score (nSPS) is 13.0. The zero-order valence-electron chi connectivity index (χ0n) is 8.73. The first-order valence-electron chi connectivity index (χ1n) is 4.84. The summed E-state index contributed by atoms with van der Waals surface area (Å²) in [6.07, 6.45) is -0.486. The predicted octanol–water partition coefficient (Wildman–Crippen LogP) is 1.90. The van der Waals surface area contributed by atoms with Gasteiger partial charge in [-0.2, -0.15) is 0 Å². The van der Waals surface area contributed by atoms with Gasteiger partial charge >= 0.3 is 0 Å². The van der Waals surface area contributed by atoms with Crippen molar-refractivity contribution in [1.29, 1.82) is 0 Å². The molecule has 0 saturated heterocycles. The SMILES string of the molecule is Cc1noc2cccc(OCC(C)O)c12. The van der Waals surface area contributed by atoms with Crippen LogP contribution in [0.2, 0.25) is 0 Å². The van der Waals surface area contributed by atoms with Crippen LogP contribution in [0.1, 0.15) is 12.6 Å². The Bertz CT molecular complexity index is 462. The van der Waals surface area contributed by atoms with Gasteiger partial charge in [-0.3, -0.25) is 0 Å². The first kappa shape index (κ1) is 9.98. The lowest BCUT2D eigenvalue weighted by molar-refractivity contribution is 0.123. The second-order valence-corrected chi connectivity index (χ2v) is 3.56. The Labute approximate surface area is 87.4 Å². The summed E-state index contributed by atoms with van der Waals surface area (Å²) in [6, 6.07) is 5.52. The summed E-state index contributed by atoms with van der Waals surface area (Å²) in [4.78, 5) is 0. The van der Waals surface area contributed by atoms with Crippen molar-refractivity contribution in [2.24, 2.45) is 0 Å². The largest absolute Gasteiger partial charge is 0.490 e. The van der Waals surface area contributed by atoms with E-state index in [4.69, 9.17) is 14.4 Å². The Morgan fingerprint density at radius 1 is 1.53 bits per heavy atom. The average Bonchev–Trinajstić information content (AvgIpc) is 2.58. The fraction of sp³-hybridized carbons (Fsp3) is 0.364. The lowest BCUT2D eigenvalue weighted by atomic mass is 10.2. The Morgan fingerprint density at radius 2 is 2.33 bits per heavy atom. The van der Waals surface area contributed by atoms with Crippen LogP contribution in [0.3, 0.4) is 0 Å². The van der Waals surface area contributed by atoms with Gasteiger partial charge in [-0.05, 0) is 26.0 Å². The number of aryl methyl sites for hydroxylation is 1. The van der Waals surface area contributed by atoms with Gasteiger partial charge in [0.25, 0.3) is 0 Å². The van der Waals surface area contributed by atoms with Crippen molar-refractivity contribution in [2.75, 3.05) is 6.61 Å². The fourth-order valence-electron chi connectivity index (χ4n) is 1.44. The smallest absolute Gasteiger partial charge is 0.170 e. The zero-order valence-corrected chi connectivity index (χ0v) is 8.73. The van der Waals surface area contributed by atoms with Crippen molar-refractivity contribution < 1.29 is 14.4 Å². The van der Waals surface area contributed by atoms with Crippen molar-refractivity contribution in [3.05, 3.63) is 23.9 Å². The molecule has 0 aliphatic carbocycles. The molecule has 1 aromatic heterocycles.